The normalized spacial score (nSPS) is 12.1. The van der Waals surface area contributed by atoms with Crippen molar-refractivity contribution in [3.05, 3.63) is 72.4 Å². The number of ketones is 1. The molecule has 0 saturated heterocycles. The van der Waals surface area contributed by atoms with Gasteiger partial charge in [-0.1, -0.05) is 36.4 Å². The highest BCUT2D eigenvalue weighted by molar-refractivity contribution is 7.81. The van der Waals surface area contributed by atoms with Crippen LogP contribution in [0.2, 0.25) is 0 Å². The van der Waals surface area contributed by atoms with E-state index in [1.807, 2.05) is 36.4 Å². The van der Waals surface area contributed by atoms with Crippen molar-refractivity contribution in [2.75, 3.05) is 18.4 Å². The van der Waals surface area contributed by atoms with Crippen molar-refractivity contribution in [1.29, 1.82) is 0 Å². The maximum atomic E-state index is 12.6. The predicted molar refractivity (Wildman–Crippen MR) is 118 cm³/mol. The van der Waals surface area contributed by atoms with Crippen molar-refractivity contribution in [1.82, 2.24) is 9.88 Å². The number of nitrogens with zero attached hydrogens (tertiary/aromatic N) is 2. The standard InChI is InChI=1S/C22H19N3O4S/c1-24(2)22(27)21(26)18-13-23-19-11-10-15(12-17(18)19)25(30(28)29)20-9-5-7-14-6-3-4-8-16(14)20/h3-13,23H,1-2H3,(H,28,29). The summed E-state index contributed by atoms with van der Waals surface area (Å²) < 4.78 is 23.7. The van der Waals surface area contributed by atoms with Gasteiger partial charge in [0.2, 0.25) is 0 Å². The molecule has 1 amide bonds. The average molecular weight is 421 g/mol. The number of benzene rings is 3. The highest BCUT2D eigenvalue weighted by Gasteiger charge is 2.23. The summed E-state index contributed by atoms with van der Waals surface area (Å²) in [5.74, 6) is -1.29. The maximum absolute atomic E-state index is 12.6. The Bertz CT molecular complexity index is 1310. The Kier molecular flexibility index (Phi) is 5.11. The SMILES string of the molecule is CN(C)C(=O)C(=O)c1c[nH]c2ccc(N(c3cccc4ccccc34)S(=O)O)cc12. The third-order valence-electron chi connectivity index (χ3n) is 4.89. The number of likely N-dealkylation sites (N-methyl/N-ethyl adjacent to an activating group) is 1. The Morgan fingerprint density at radius 3 is 2.43 bits per heavy atom. The molecule has 0 spiro atoms. The van der Waals surface area contributed by atoms with Crippen molar-refractivity contribution in [3.8, 4) is 0 Å². The van der Waals surface area contributed by atoms with Crippen molar-refractivity contribution in [2.45, 2.75) is 0 Å². The number of H-pyrrole nitrogens is 1. The number of carbonyl (C=O) groups is 2. The summed E-state index contributed by atoms with van der Waals surface area (Å²) in [5, 5.41) is 2.25. The van der Waals surface area contributed by atoms with Gasteiger partial charge in [0, 0.05) is 36.6 Å². The van der Waals surface area contributed by atoms with Crippen LogP contribution < -0.4 is 4.31 Å². The van der Waals surface area contributed by atoms with Crippen LogP contribution in [-0.2, 0) is 16.1 Å². The van der Waals surface area contributed by atoms with Gasteiger partial charge in [0.05, 0.1) is 16.9 Å². The first-order valence-corrected chi connectivity index (χ1v) is 10.2. The minimum absolute atomic E-state index is 0.215. The molecule has 3 aromatic carbocycles. The topological polar surface area (TPSA) is 93.7 Å². The smallest absolute Gasteiger partial charge is 0.294 e. The van der Waals surface area contributed by atoms with Gasteiger partial charge < -0.3 is 9.88 Å². The van der Waals surface area contributed by atoms with E-state index in [-0.39, 0.29) is 5.56 Å². The van der Waals surface area contributed by atoms with Gasteiger partial charge in [-0.15, -0.1) is 0 Å². The van der Waals surface area contributed by atoms with E-state index >= 15 is 0 Å². The number of hydrogen-bond donors (Lipinski definition) is 2. The lowest BCUT2D eigenvalue weighted by molar-refractivity contribution is -0.124. The fourth-order valence-electron chi connectivity index (χ4n) is 3.44. The number of aromatic amines is 1. The molecule has 0 fully saturated rings. The Hall–Kier alpha value is -3.49. The monoisotopic (exact) mass is 421 g/mol. The lowest BCUT2D eigenvalue weighted by Gasteiger charge is -2.22. The summed E-state index contributed by atoms with van der Waals surface area (Å²) in [7, 11) is 3.02. The first kappa shape index (κ1) is 19.8. The highest BCUT2D eigenvalue weighted by atomic mass is 32.2. The zero-order valence-corrected chi connectivity index (χ0v) is 17.1. The van der Waals surface area contributed by atoms with Gasteiger partial charge >= 0.3 is 0 Å². The van der Waals surface area contributed by atoms with E-state index in [0.717, 1.165) is 10.8 Å². The predicted octanol–water partition coefficient (Wildman–Crippen LogP) is 3.87. The number of amides is 1. The fraction of sp³-hybridized carbons (Fsp3) is 0.0909. The second-order valence-corrected chi connectivity index (χ2v) is 7.81. The Labute approximate surface area is 175 Å². The van der Waals surface area contributed by atoms with Crippen LogP contribution in [0.1, 0.15) is 10.4 Å². The van der Waals surface area contributed by atoms with Crippen molar-refractivity contribution >= 4 is 56.0 Å². The van der Waals surface area contributed by atoms with Crippen LogP contribution in [0.15, 0.2) is 66.9 Å². The average Bonchev–Trinajstić information content (AvgIpc) is 3.16. The highest BCUT2D eigenvalue weighted by Crippen LogP contribution is 2.35. The lowest BCUT2D eigenvalue weighted by Crippen LogP contribution is -2.29. The lowest BCUT2D eigenvalue weighted by atomic mass is 10.1. The molecule has 1 unspecified atom stereocenters. The third kappa shape index (κ3) is 3.36. The van der Waals surface area contributed by atoms with Gasteiger partial charge in [0.25, 0.3) is 23.0 Å². The molecule has 4 rings (SSSR count). The summed E-state index contributed by atoms with van der Waals surface area (Å²) in [6, 6.07) is 18.1. The van der Waals surface area contributed by atoms with Crippen LogP contribution in [-0.4, -0.2) is 44.4 Å². The molecule has 4 aromatic rings. The first-order valence-electron chi connectivity index (χ1n) is 9.14. The maximum Gasteiger partial charge on any atom is 0.294 e. The quantitative estimate of drug-likeness (QED) is 0.291. The van der Waals surface area contributed by atoms with Crippen LogP contribution in [0, 0.1) is 0 Å². The zero-order valence-electron chi connectivity index (χ0n) is 16.3. The van der Waals surface area contributed by atoms with Crippen LogP contribution in [0.3, 0.4) is 0 Å². The van der Waals surface area contributed by atoms with Crippen LogP contribution in [0.5, 0.6) is 0 Å². The van der Waals surface area contributed by atoms with Crippen LogP contribution in [0.25, 0.3) is 21.7 Å². The Morgan fingerprint density at radius 1 is 0.967 bits per heavy atom. The van der Waals surface area contributed by atoms with Gasteiger partial charge in [-0.3, -0.25) is 14.1 Å². The van der Waals surface area contributed by atoms with Crippen molar-refractivity contribution < 1.29 is 18.4 Å². The second-order valence-electron chi connectivity index (χ2n) is 6.98. The number of fused-ring (bicyclic) bond motifs is 2. The summed E-state index contributed by atoms with van der Waals surface area (Å²) in [4.78, 5) is 28.9. The molecular weight excluding hydrogens is 402 g/mol. The molecule has 7 nitrogen and oxygen atoms in total. The first-order chi connectivity index (χ1) is 14.4. The van der Waals surface area contributed by atoms with E-state index in [1.54, 1.807) is 24.3 Å². The minimum Gasteiger partial charge on any atom is -0.360 e. The van der Waals surface area contributed by atoms with Crippen molar-refractivity contribution in [3.63, 3.8) is 0 Å². The molecule has 1 heterocycles. The fourth-order valence-corrected chi connectivity index (χ4v) is 4.06. The van der Waals surface area contributed by atoms with Gasteiger partial charge in [0.1, 0.15) is 0 Å². The van der Waals surface area contributed by atoms with Crippen LogP contribution >= 0.6 is 0 Å². The zero-order chi connectivity index (χ0) is 21.4. The molecule has 0 aliphatic heterocycles. The Balaban J connectivity index is 1.88. The van der Waals surface area contributed by atoms with Gasteiger partial charge in [-0.2, -0.15) is 0 Å². The van der Waals surface area contributed by atoms with E-state index in [2.05, 4.69) is 4.98 Å². The number of hydrogen-bond acceptors (Lipinski definition) is 3. The van der Waals surface area contributed by atoms with E-state index in [1.165, 1.54) is 29.5 Å². The molecule has 152 valence electrons. The molecule has 0 bridgehead atoms. The summed E-state index contributed by atoms with van der Waals surface area (Å²) >= 11 is -2.36. The van der Waals surface area contributed by atoms with E-state index in [4.69, 9.17) is 0 Å². The minimum atomic E-state index is -2.36. The van der Waals surface area contributed by atoms with Crippen molar-refractivity contribution in [2.24, 2.45) is 0 Å². The Morgan fingerprint density at radius 2 is 1.70 bits per heavy atom. The molecule has 2 N–H and O–H groups in total. The van der Waals surface area contributed by atoms with E-state index in [9.17, 15) is 18.4 Å². The summed E-state index contributed by atoms with van der Waals surface area (Å²) in [5.41, 5.74) is 1.84. The van der Waals surface area contributed by atoms with Gasteiger partial charge in [-0.05, 0) is 29.7 Å². The largest absolute Gasteiger partial charge is 0.360 e. The van der Waals surface area contributed by atoms with Crippen LogP contribution in [0.4, 0.5) is 11.4 Å². The molecule has 0 aliphatic carbocycles. The molecular formula is C22H19N3O4S. The van der Waals surface area contributed by atoms with Gasteiger partial charge in [0.15, 0.2) is 0 Å². The number of carbonyl (C=O) groups excluding carboxylic acids is 2. The number of anilines is 2. The summed E-state index contributed by atoms with van der Waals surface area (Å²) in [6.07, 6.45) is 1.48. The van der Waals surface area contributed by atoms with E-state index < -0.39 is 23.0 Å². The molecule has 1 atom stereocenters. The molecule has 30 heavy (non-hydrogen) atoms. The molecule has 0 saturated carbocycles. The summed E-state index contributed by atoms with van der Waals surface area (Å²) in [6.45, 7) is 0. The van der Waals surface area contributed by atoms with E-state index in [0.29, 0.717) is 22.3 Å². The third-order valence-corrected chi connectivity index (χ3v) is 5.61. The molecule has 0 aliphatic rings. The molecule has 8 heteroatoms. The number of Topliss-reactive ketones (excluding diaryl/α,β-unsaturated/α-hetero) is 1. The molecule has 1 aromatic heterocycles. The number of rotatable bonds is 5. The number of nitrogens with one attached hydrogen (secondary N) is 1. The second kappa shape index (κ2) is 7.74. The molecule has 0 radical (unpaired) electrons. The number of aromatic nitrogens is 1. The van der Waals surface area contributed by atoms with Gasteiger partial charge in [-0.25, -0.2) is 8.51 Å².